The van der Waals surface area contributed by atoms with Gasteiger partial charge in [0.05, 0.1) is 4.90 Å². The third-order valence-corrected chi connectivity index (χ3v) is 8.01. The minimum atomic E-state index is -5.08. The Morgan fingerprint density at radius 2 is 1.76 bits per heavy atom. The monoisotopic (exact) mass is 517 g/mol. The van der Waals surface area contributed by atoms with E-state index < -0.39 is 33.0 Å². The number of sulfonamides is 1. The molecular weight excluding hydrogens is 495 g/mol. The van der Waals surface area contributed by atoms with Crippen LogP contribution in [0.4, 0.5) is 13.2 Å². The van der Waals surface area contributed by atoms with Gasteiger partial charge in [-0.15, -0.1) is 0 Å². The van der Waals surface area contributed by atoms with Crippen molar-refractivity contribution in [2.75, 3.05) is 11.5 Å². The molecule has 0 saturated carbocycles. The molecule has 1 aliphatic heterocycles. The fourth-order valence-electron chi connectivity index (χ4n) is 3.42. The first-order valence-electron chi connectivity index (χ1n) is 10.1. The van der Waals surface area contributed by atoms with Crippen molar-refractivity contribution in [1.29, 1.82) is 0 Å². The van der Waals surface area contributed by atoms with Crippen molar-refractivity contribution in [3.05, 3.63) is 48.3 Å². The van der Waals surface area contributed by atoms with Crippen LogP contribution < -0.4 is 4.72 Å². The number of pyridine rings is 1. The molecule has 1 aliphatic rings. The molecule has 3 N–H and O–H groups in total. The van der Waals surface area contributed by atoms with Gasteiger partial charge in [-0.25, -0.2) is 22.9 Å². The number of benzene rings is 1. The largest absolute Gasteiger partial charge is 0.490 e. The Hall–Kier alpha value is -2.77. The van der Waals surface area contributed by atoms with Crippen LogP contribution in [-0.2, 0) is 25.6 Å². The second kappa shape index (κ2) is 10.2. The molecule has 0 bridgehead atoms. The molecule has 1 fully saturated rings. The number of aromatic amines is 1. The van der Waals surface area contributed by atoms with Gasteiger partial charge < -0.3 is 10.1 Å². The highest BCUT2D eigenvalue weighted by Gasteiger charge is 2.38. The van der Waals surface area contributed by atoms with Gasteiger partial charge in [0, 0.05) is 45.6 Å². The topological polar surface area (TPSA) is 129 Å². The van der Waals surface area contributed by atoms with Gasteiger partial charge in [-0.05, 0) is 55.2 Å². The van der Waals surface area contributed by atoms with E-state index >= 15 is 0 Å². The molecule has 0 atom stereocenters. The molecule has 0 amide bonds. The predicted octanol–water partition coefficient (Wildman–Crippen LogP) is 3.36. The smallest absolute Gasteiger partial charge is 0.475 e. The third-order valence-electron chi connectivity index (χ3n) is 5.09. The summed E-state index contributed by atoms with van der Waals surface area (Å²) in [7, 11) is -4.39. The molecule has 4 rings (SSSR count). The molecule has 34 heavy (non-hydrogen) atoms. The van der Waals surface area contributed by atoms with E-state index in [1.807, 2.05) is 31.2 Å². The zero-order valence-electron chi connectivity index (χ0n) is 17.9. The summed E-state index contributed by atoms with van der Waals surface area (Å²) in [5.74, 6) is -1.65. The highest BCUT2D eigenvalue weighted by atomic mass is 32.2. The van der Waals surface area contributed by atoms with E-state index in [4.69, 9.17) is 9.90 Å². The standard InChI is InChI=1S/C19H21N3O3S2.C2HF3O2/c1-13-12-18-17(6-9-20-19(18)21-13)14-2-4-16(5-3-14)27(24,25)22-15-7-10-26(23)11-8-15;3-2(4,5)1(6)7/h2-6,9,12,15,22H,7-8,10-11H2,1H3,(H,20,21);(H,6,7). The number of carboxylic acid groups (broad SMARTS) is 1. The fraction of sp³-hybridized carbons (Fsp3) is 0.333. The molecule has 184 valence electrons. The molecule has 13 heteroatoms. The number of rotatable bonds is 4. The summed E-state index contributed by atoms with van der Waals surface area (Å²) in [5, 5.41) is 8.14. The number of carbonyl (C=O) groups is 1. The first kappa shape index (κ1) is 25.8. The fourth-order valence-corrected chi connectivity index (χ4v) is 6.03. The number of aromatic nitrogens is 2. The van der Waals surface area contributed by atoms with E-state index in [1.54, 1.807) is 18.3 Å². The Balaban J connectivity index is 0.000000406. The first-order chi connectivity index (χ1) is 15.9. The van der Waals surface area contributed by atoms with E-state index in [2.05, 4.69) is 14.7 Å². The van der Waals surface area contributed by atoms with E-state index in [9.17, 15) is 25.8 Å². The number of carboxylic acids is 1. The molecule has 0 radical (unpaired) electrons. The van der Waals surface area contributed by atoms with E-state index in [1.165, 1.54) is 0 Å². The van der Waals surface area contributed by atoms with Crippen molar-refractivity contribution >= 4 is 37.8 Å². The van der Waals surface area contributed by atoms with E-state index in [0.717, 1.165) is 27.9 Å². The van der Waals surface area contributed by atoms with Crippen molar-refractivity contribution in [2.24, 2.45) is 0 Å². The minimum absolute atomic E-state index is 0.143. The summed E-state index contributed by atoms with van der Waals surface area (Å²) in [5.41, 5.74) is 3.80. The van der Waals surface area contributed by atoms with Crippen molar-refractivity contribution in [1.82, 2.24) is 14.7 Å². The van der Waals surface area contributed by atoms with Crippen LogP contribution in [0.3, 0.4) is 0 Å². The number of nitrogens with one attached hydrogen (secondary N) is 2. The average molecular weight is 518 g/mol. The van der Waals surface area contributed by atoms with E-state index in [0.29, 0.717) is 24.3 Å². The Bertz CT molecular complexity index is 1300. The molecule has 3 heterocycles. The summed E-state index contributed by atoms with van der Waals surface area (Å²) in [4.78, 5) is 16.7. The van der Waals surface area contributed by atoms with Crippen LogP contribution in [-0.4, -0.2) is 57.4 Å². The molecule has 0 spiro atoms. The minimum Gasteiger partial charge on any atom is -0.475 e. The molecule has 2 aromatic heterocycles. The molecule has 0 unspecified atom stereocenters. The molecule has 3 aromatic rings. The Labute approximate surface area is 196 Å². The second-order valence-corrected chi connectivity index (χ2v) is 11.1. The van der Waals surface area contributed by atoms with Crippen molar-refractivity contribution < 1.29 is 35.7 Å². The quantitative estimate of drug-likeness (QED) is 0.487. The SMILES string of the molecule is Cc1cc2c(-c3ccc(S(=O)(=O)NC4CCS(=O)CC4)cc3)ccnc2[nH]1.O=C(O)C(F)(F)F. The lowest BCUT2D eigenvalue weighted by Gasteiger charge is -2.22. The van der Waals surface area contributed by atoms with Crippen LogP contribution in [0.2, 0.25) is 0 Å². The van der Waals surface area contributed by atoms with Crippen LogP contribution >= 0.6 is 0 Å². The number of aryl methyl sites for hydroxylation is 1. The molecule has 1 saturated heterocycles. The van der Waals surface area contributed by atoms with Crippen molar-refractivity contribution in [2.45, 2.75) is 36.9 Å². The maximum Gasteiger partial charge on any atom is 0.490 e. The molecule has 0 aliphatic carbocycles. The van der Waals surface area contributed by atoms with Gasteiger partial charge >= 0.3 is 12.1 Å². The number of nitrogens with zero attached hydrogens (tertiary/aromatic N) is 1. The highest BCUT2D eigenvalue weighted by molar-refractivity contribution is 7.89. The van der Waals surface area contributed by atoms with Gasteiger partial charge in [0.1, 0.15) is 5.65 Å². The summed E-state index contributed by atoms with van der Waals surface area (Å²) < 4.78 is 71.2. The lowest BCUT2D eigenvalue weighted by Crippen LogP contribution is -2.39. The number of halogens is 3. The molecule has 1 aromatic carbocycles. The van der Waals surface area contributed by atoms with Crippen LogP contribution in [0, 0.1) is 6.92 Å². The average Bonchev–Trinajstić information content (AvgIpc) is 3.15. The lowest BCUT2D eigenvalue weighted by atomic mass is 10.0. The molecular formula is C21H22F3N3O5S2. The number of aliphatic carboxylic acids is 1. The predicted molar refractivity (Wildman–Crippen MR) is 121 cm³/mol. The Kier molecular flexibility index (Phi) is 7.78. The lowest BCUT2D eigenvalue weighted by molar-refractivity contribution is -0.192. The summed E-state index contributed by atoms with van der Waals surface area (Å²) >= 11 is 0. The first-order valence-corrected chi connectivity index (χ1v) is 13.1. The van der Waals surface area contributed by atoms with Gasteiger partial charge in [-0.1, -0.05) is 12.1 Å². The normalized spacial score (nSPS) is 18.8. The zero-order chi connectivity index (χ0) is 25.1. The van der Waals surface area contributed by atoms with E-state index in [-0.39, 0.29) is 10.9 Å². The number of alkyl halides is 3. The summed E-state index contributed by atoms with van der Waals surface area (Å²) in [6.45, 7) is 1.98. The third kappa shape index (κ3) is 6.42. The summed E-state index contributed by atoms with van der Waals surface area (Å²) in [6.07, 6.45) is -2.11. The number of fused-ring (bicyclic) bond motifs is 1. The Morgan fingerprint density at radius 1 is 1.18 bits per heavy atom. The van der Waals surface area contributed by atoms with Gasteiger partial charge in [0.15, 0.2) is 0 Å². The maximum absolute atomic E-state index is 12.6. The van der Waals surface area contributed by atoms with Crippen LogP contribution in [0.1, 0.15) is 18.5 Å². The van der Waals surface area contributed by atoms with Gasteiger partial charge in [-0.2, -0.15) is 13.2 Å². The summed E-state index contributed by atoms with van der Waals surface area (Å²) in [6, 6.07) is 10.7. The van der Waals surface area contributed by atoms with Crippen LogP contribution in [0.5, 0.6) is 0 Å². The number of hydrogen-bond acceptors (Lipinski definition) is 5. The highest BCUT2D eigenvalue weighted by Crippen LogP contribution is 2.29. The number of H-pyrrole nitrogens is 1. The van der Waals surface area contributed by atoms with Crippen molar-refractivity contribution in [3.63, 3.8) is 0 Å². The number of hydrogen-bond donors (Lipinski definition) is 3. The maximum atomic E-state index is 12.6. The zero-order valence-corrected chi connectivity index (χ0v) is 19.6. The Morgan fingerprint density at radius 3 is 2.32 bits per heavy atom. The van der Waals surface area contributed by atoms with Crippen LogP contribution in [0.25, 0.3) is 22.2 Å². The van der Waals surface area contributed by atoms with Crippen molar-refractivity contribution in [3.8, 4) is 11.1 Å². The second-order valence-electron chi connectivity index (χ2n) is 7.64. The van der Waals surface area contributed by atoms with Gasteiger partial charge in [-0.3, -0.25) is 4.21 Å². The molecule has 8 nitrogen and oxygen atoms in total. The van der Waals surface area contributed by atoms with Crippen LogP contribution in [0.15, 0.2) is 47.5 Å². The van der Waals surface area contributed by atoms with Gasteiger partial charge in [0.2, 0.25) is 10.0 Å². The van der Waals surface area contributed by atoms with Gasteiger partial charge in [0.25, 0.3) is 0 Å².